The van der Waals surface area contributed by atoms with Crippen molar-refractivity contribution in [3.8, 4) is 0 Å². The average Bonchev–Trinajstić information content (AvgIpc) is 2.56. The smallest absolute Gasteiger partial charge is 0.240 e. The third-order valence-electron chi connectivity index (χ3n) is 4.93. The first kappa shape index (κ1) is 16.0. The van der Waals surface area contributed by atoms with E-state index >= 15 is 0 Å². The molecule has 0 bridgehead atoms. The van der Waals surface area contributed by atoms with Crippen LogP contribution in [0.5, 0.6) is 0 Å². The van der Waals surface area contributed by atoms with E-state index in [9.17, 15) is 8.42 Å². The van der Waals surface area contributed by atoms with Gasteiger partial charge < -0.3 is 5.32 Å². The highest BCUT2D eigenvalue weighted by Gasteiger charge is 2.22. The number of hydrogen-bond donors (Lipinski definition) is 2. The van der Waals surface area contributed by atoms with E-state index in [2.05, 4.69) is 10.0 Å². The van der Waals surface area contributed by atoms with Gasteiger partial charge in [0.1, 0.15) is 0 Å². The summed E-state index contributed by atoms with van der Waals surface area (Å²) >= 11 is 0. The first-order valence-corrected chi connectivity index (χ1v) is 9.96. The molecule has 0 radical (unpaired) electrons. The van der Waals surface area contributed by atoms with Crippen molar-refractivity contribution in [2.45, 2.75) is 61.8 Å². The zero-order valence-electron chi connectivity index (χ0n) is 13.1. The Balaban J connectivity index is 1.68. The Morgan fingerprint density at radius 2 is 1.55 bits per heavy atom. The largest absolute Gasteiger partial charge is 0.317 e. The SMILES string of the molecule is O=S(=O)(NC1CCNCC1)c1ccc(C2CCCCC2)cc1. The summed E-state index contributed by atoms with van der Waals surface area (Å²) in [6.07, 6.45) is 8.12. The highest BCUT2D eigenvalue weighted by atomic mass is 32.2. The van der Waals surface area contributed by atoms with Crippen LogP contribution in [-0.4, -0.2) is 27.5 Å². The summed E-state index contributed by atoms with van der Waals surface area (Å²) in [6.45, 7) is 1.77. The minimum absolute atomic E-state index is 0.0595. The van der Waals surface area contributed by atoms with Crippen molar-refractivity contribution < 1.29 is 8.42 Å². The summed E-state index contributed by atoms with van der Waals surface area (Å²) in [5.41, 5.74) is 1.29. The van der Waals surface area contributed by atoms with Crippen molar-refractivity contribution >= 4 is 10.0 Å². The van der Waals surface area contributed by atoms with Crippen LogP contribution in [0, 0.1) is 0 Å². The van der Waals surface area contributed by atoms with Gasteiger partial charge in [-0.3, -0.25) is 0 Å². The topological polar surface area (TPSA) is 58.2 Å². The van der Waals surface area contributed by atoms with Crippen LogP contribution in [0.4, 0.5) is 0 Å². The van der Waals surface area contributed by atoms with Crippen molar-refractivity contribution in [3.63, 3.8) is 0 Å². The fourth-order valence-electron chi connectivity index (χ4n) is 3.58. The molecular formula is C17H26N2O2S. The lowest BCUT2D eigenvalue weighted by molar-refractivity contribution is 0.427. The summed E-state index contributed by atoms with van der Waals surface area (Å²) in [7, 11) is -3.39. The van der Waals surface area contributed by atoms with Crippen LogP contribution in [0.15, 0.2) is 29.2 Å². The van der Waals surface area contributed by atoms with Crippen LogP contribution >= 0.6 is 0 Å². The number of rotatable bonds is 4. The fraction of sp³-hybridized carbons (Fsp3) is 0.647. The highest BCUT2D eigenvalue weighted by molar-refractivity contribution is 7.89. The second-order valence-electron chi connectivity index (χ2n) is 6.55. The Morgan fingerprint density at radius 3 is 2.18 bits per heavy atom. The standard InChI is InChI=1S/C17H26N2O2S/c20-22(21,19-16-10-12-18-13-11-16)17-8-6-15(7-9-17)14-4-2-1-3-5-14/h6-9,14,16,18-19H,1-5,10-13H2. The maximum atomic E-state index is 12.5. The van der Waals surface area contributed by atoms with Gasteiger partial charge in [0.05, 0.1) is 4.90 Å². The van der Waals surface area contributed by atoms with Crippen molar-refractivity contribution in [2.24, 2.45) is 0 Å². The Kier molecular flexibility index (Phi) is 5.16. The quantitative estimate of drug-likeness (QED) is 0.896. The van der Waals surface area contributed by atoms with Gasteiger partial charge in [-0.15, -0.1) is 0 Å². The summed E-state index contributed by atoms with van der Waals surface area (Å²) < 4.78 is 27.8. The second-order valence-corrected chi connectivity index (χ2v) is 8.26. The molecule has 1 heterocycles. The maximum absolute atomic E-state index is 12.5. The van der Waals surface area contributed by atoms with E-state index < -0.39 is 10.0 Å². The number of piperidine rings is 1. The van der Waals surface area contributed by atoms with E-state index in [1.807, 2.05) is 12.1 Å². The van der Waals surface area contributed by atoms with Crippen LogP contribution < -0.4 is 10.0 Å². The Labute approximate surface area is 133 Å². The molecule has 122 valence electrons. The molecule has 1 aliphatic carbocycles. The van der Waals surface area contributed by atoms with Gasteiger partial charge in [-0.25, -0.2) is 13.1 Å². The van der Waals surface area contributed by atoms with E-state index in [0.29, 0.717) is 10.8 Å². The third kappa shape index (κ3) is 3.89. The molecule has 0 atom stereocenters. The van der Waals surface area contributed by atoms with Crippen molar-refractivity contribution in [1.29, 1.82) is 0 Å². The number of sulfonamides is 1. The molecule has 1 saturated carbocycles. The molecule has 22 heavy (non-hydrogen) atoms. The van der Waals surface area contributed by atoms with E-state index in [4.69, 9.17) is 0 Å². The van der Waals surface area contributed by atoms with E-state index in [1.165, 1.54) is 37.7 Å². The zero-order chi connectivity index (χ0) is 15.4. The summed E-state index contributed by atoms with van der Waals surface area (Å²) in [4.78, 5) is 0.394. The van der Waals surface area contributed by atoms with Crippen LogP contribution in [0.2, 0.25) is 0 Å². The molecule has 4 nitrogen and oxygen atoms in total. The summed E-state index contributed by atoms with van der Waals surface area (Å²) in [6, 6.07) is 7.62. The second kappa shape index (κ2) is 7.11. The van der Waals surface area contributed by atoms with Gasteiger partial charge in [0, 0.05) is 6.04 Å². The summed E-state index contributed by atoms with van der Waals surface area (Å²) in [5.74, 6) is 0.614. The minimum atomic E-state index is -3.39. The Hall–Kier alpha value is -0.910. The zero-order valence-corrected chi connectivity index (χ0v) is 13.9. The van der Waals surface area contributed by atoms with E-state index in [0.717, 1.165) is 25.9 Å². The van der Waals surface area contributed by atoms with Crippen molar-refractivity contribution in [2.75, 3.05) is 13.1 Å². The molecule has 1 saturated heterocycles. The molecule has 0 spiro atoms. The van der Waals surface area contributed by atoms with Gasteiger partial charge in [-0.1, -0.05) is 31.4 Å². The normalized spacial score (nSPS) is 21.8. The monoisotopic (exact) mass is 322 g/mol. The Morgan fingerprint density at radius 1 is 0.909 bits per heavy atom. The summed E-state index contributed by atoms with van der Waals surface area (Å²) in [5, 5.41) is 3.25. The average molecular weight is 322 g/mol. The predicted octanol–water partition coefficient (Wildman–Crippen LogP) is 2.76. The van der Waals surface area contributed by atoms with Crippen molar-refractivity contribution in [1.82, 2.24) is 10.0 Å². The molecule has 3 rings (SSSR count). The molecule has 2 fully saturated rings. The van der Waals surface area contributed by atoms with Gasteiger partial charge in [-0.2, -0.15) is 0 Å². The molecule has 0 amide bonds. The molecule has 1 aromatic carbocycles. The van der Waals surface area contributed by atoms with Crippen LogP contribution in [0.3, 0.4) is 0 Å². The molecule has 0 unspecified atom stereocenters. The lowest BCUT2D eigenvalue weighted by Gasteiger charge is -2.24. The Bertz CT molecular complexity index is 571. The molecule has 2 aliphatic rings. The van der Waals surface area contributed by atoms with Crippen molar-refractivity contribution in [3.05, 3.63) is 29.8 Å². The first-order valence-electron chi connectivity index (χ1n) is 8.48. The molecule has 0 aromatic heterocycles. The van der Waals surface area contributed by atoms with Crippen LogP contribution in [0.25, 0.3) is 0 Å². The lowest BCUT2D eigenvalue weighted by atomic mass is 9.84. The predicted molar refractivity (Wildman–Crippen MR) is 88.5 cm³/mol. The first-order chi connectivity index (χ1) is 10.6. The van der Waals surface area contributed by atoms with E-state index in [1.54, 1.807) is 12.1 Å². The van der Waals surface area contributed by atoms with E-state index in [-0.39, 0.29) is 6.04 Å². The molecule has 2 N–H and O–H groups in total. The molecule has 1 aromatic rings. The molecule has 1 aliphatic heterocycles. The minimum Gasteiger partial charge on any atom is -0.317 e. The van der Waals surface area contributed by atoms with Gasteiger partial charge in [0.25, 0.3) is 0 Å². The number of hydrogen-bond acceptors (Lipinski definition) is 3. The third-order valence-corrected chi connectivity index (χ3v) is 6.46. The van der Waals surface area contributed by atoms with Gasteiger partial charge in [0.15, 0.2) is 0 Å². The van der Waals surface area contributed by atoms with Crippen LogP contribution in [-0.2, 0) is 10.0 Å². The maximum Gasteiger partial charge on any atom is 0.240 e. The lowest BCUT2D eigenvalue weighted by Crippen LogP contribution is -2.42. The van der Waals surface area contributed by atoms with Crippen LogP contribution in [0.1, 0.15) is 56.4 Å². The fourth-order valence-corrected chi connectivity index (χ4v) is 4.89. The van der Waals surface area contributed by atoms with Gasteiger partial charge in [0.2, 0.25) is 10.0 Å². The molecular weight excluding hydrogens is 296 g/mol. The van der Waals surface area contributed by atoms with Gasteiger partial charge in [-0.05, 0) is 62.4 Å². The van der Waals surface area contributed by atoms with Gasteiger partial charge >= 0.3 is 0 Å². The highest BCUT2D eigenvalue weighted by Crippen LogP contribution is 2.32. The number of benzene rings is 1. The number of nitrogens with one attached hydrogen (secondary N) is 2. The molecule has 5 heteroatoms.